The van der Waals surface area contributed by atoms with Crippen molar-refractivity contribution < 1.29 is 0 Å². The molecule has 0 aliphatic heterocycles. The molecule has 1 aromatic carbocycles. The molecule has 1 aliphatic carbocycles. The third kappa shape index (κ3) is 3.55. The minimum absolute atomic E-state index is 0. The molecular formula is C13H19Br2ClN2. The molecule has 2 nitrogen and oxygen atoms in total. The van der Waals surface area contributed by atoms with E-state index in [4.69, 9.17) is 5.73 Å². The van der Waals surface area contributed by atoms with Gasteiger partial charge in [0.25, 0.3) is 0 Å². The molecule has 0 spiro atoms. The van der Waals surface area contributed by atoms with Crippen LogP contribution in [0, 0.1) is 0 Å². The Morgan fingerprint density at radius 1 is 1.17 bits per heavy atom. The molecule has 2 rings (SSSR count). The molecule has 2 N–H and O–H groups in total. The third-order valence-electron chi connectivity index (χ3n) is 3.57. The molecule has 1 aromatic rings. The summed E-state index contributed by atoms with van der Waals surface area (Å²) in [6, 6.07) is 4.73. The summed E-state index contributed by atoms with van der Waals surface area (Å²) in [6.07, 6.45) is 6.61. The van der Waals surface area contributed by atoms with Crippen molar-refractivity contribution in [3.63, 3.8) is 0 Å². The second-order valence-corrected chi connectivity index (χ2v) is 6.49. The molecule has 18 heavy (non-hydrogen) atoms. The van der Waals surface area contributed by atoms with Crippen LogP contribution in [0.5, 0.6) is 0 Å². The molecule has 0 heterocycles. The Balaban J connectivity index is 0.00000162. The predicted octanol–water partition coefficient (Wildman–Crippen LogP) is 4.98. The van der Waals surface area contributed by atoms with Gasteiger partial charge in [-0.05, 0) is 40.9 Å². The third-order valence-corrected chi connectivity index (χ3v) is 4.69. The number of hydrogen-bond donors (Lipinski definition) is 1. The normalized spacial score (nSPS) is 16.2. The maximum atomic E-state index is 6.15. The second kappa shape index (κ2) is 7.01. The molecule has 1 saturated carbocycles. The summed E-state index contributed by atoms with van der Waals surface area (Å²) in [5.74, 6) is 0. The quantitative estimate of drug-likeness (QED) is 0.712. The number of nitrogens with zero attached hydrogens (tertiary/aromatic N) is 1. The van der Waals surface area contributed by atoms with Gasteiger partial charge >= 0.3 is 0 Å². The maximum Gasteiger partial charge on any atom is 0.0697 e. The van der Waals surface area contributed by atoms with Crippen LogP contribution in [-0.2, 0) is 0 Å². The lowest BCUT2D eigenvalue weighted by atomic mass is 9.94. The summed E-state index contributed by atoms with van der Waals surface area (Å²) in [4.78, 5) is 2.34. The minimum atomic E-state index is 0. The van der Waals surface area contributed by atoms with E-state index >= 15 is 0 Å². The molecule has 1 aliphatic rings. The van der Waals surface area contributed by atoms with Crippen LogP contribution in [0.4, 0.5) is 11.4 Å². The predicted molar refractivity (Wildman–Crippen MR) is 88.8 cm³/mol. The van der Waals surface area contributed by atoms with Crippen molar-refractivity contribution in [3.8, 4) is 0 Å². The zero-order valence-electron chi connectivity index (χ0n) is 10.5. The van der Waals surface area contributed by atoms with Crippen molar-refractivity contribution in [2.24, 2.45) is 0 Å². The van der Waals surface area contributed by atoms with Crippen LogP contribution < -0.4 is 10.6 Å². The van der Waals surface area contributed by atoms with Gasteiger partial charge in [-0.1, -0.05) is 35.2 Å². The number of halogens is 3. The lowest BCUT2D eigenvalue weighted by Crippen LogP contribution is -2.33. The van der Waals surface area contributed by atoms with Crippen molar-refractivity contribution in [2.75, 3.05) is 17.7 Å². The molecule has 0 amide bonds. The Bertz CT molecular complexity index is 406. The van der Waals surface area contributed by atoms with E-state index in [1.54, 1.807) is 0 Å². The van der Waals surface area contributed by atoms with E-state index in [0.717, 1.165) is 20.3 Å². The van der Waals surface area contributed by atoms with Gasteiger partial charge in [0.1, 0.15) is 0 Å². The van der Waals surface area contributed by atoms with E-state index < -0.39 is 0 Å². The van der Waals surface area contributed by atoms with Crippen molar-refractivity contribution in [3.05, 3.63) is 21.1 Å². The topological polar surface area (TPSA) is 29.3 Å². The van der Waals surface area contributed by atoms with Crippen LogP contribution in [0.3, 0.4) is 0 Å². The number of rotatable bonds is 2. The smallest absolute Gasteiger partial charge is 0.0697 e. The highest BCUT2D eigenvalue weighted by molar-refractivity contribution is 9.11. The molecule has 0 unspecified atom stereocenters. The van der Waals surface area contributed by atoms with E-state index in [2.05, 4.69) is 49.9 Å². The maximum absolute atomic E-state index is 6.15. The second-order valence-electron chi connectivity index (χ2n) is 4.72. The minimum Gasteiger partial charge on any atom is -0.396 e. The average molecular weight is 399 g/mol. The first-order valence-electron chi connectivity index (χ1n) is 6.07. The van der Waals surface area contributed by atoms with Crippen LogP contribution >= 0.6 is 44.3 Å². The highest BCUT2D eigenvalue weighted by Crippen LogP contribution is 2.36. The number of hydrogen-bond acceptors (Lipinski definition) is 2. The molecule has 0 atom stereocenters. The molecule has 0 radical (unpaired) electrons. The van der Waals surface area contributed by atoms with Gasteiger partial charge in [-0.2, -0.15) is 0 Å². The monoisotopic (exact) mass is 396 g/mol. The fourth-order valence-electron chi connectivity index (χ4n) is 2.53. The van der Waals surface area contributed by atoms with Crippen LogP contribution in [0.15, 0.2) is 21.1 Å². The Labute approximate surface area is 132 Å². The van der Waals surface area contributed by atoms with Crippen LogP contribution in [0.25, 0.3) is 0 Å². The first kappa shape index (κ1) is 16.1. The van der Waals surface area contributed by atoms with E-state index in [0.29, 0.717) is 6.04 Å². The molecule has 0 saturated heterocycles. The number of nitrogen functional groups attached to an aromatic ring is 1. The molecule has 0 aromatic heterocycles. The molecule has 102 valence electrons. The van der Waals surface area contributed by atoms with E-state index in [9.17, 15) is 0 Å². The summed E-state index contributed by atoms with van der Waals surface area (Å²) < 4.78 is 2.03. The van der Waals surface area contributed by atoms with Gasteiger partial charge in [-0.3, -0.25) is 0 Å². The zero-order valence-corrected chi connectivity index (χ0v) is 14.4. The van der Waals surface area contributed by atoms with Crippen LogP contribution in [0.1, 0.15) is 32.1 Å². The van der Waals surface area contributed by atoms with Gasteiger partial charge in [0.05, 0.1) is 11.4 Å². The zero-order chi connectivity index (χ0) is 12.4. The fraction of sp³-hybridized carbons (Fsp3) is 0.538. The Hall–Kier alpha value is 0.0700. The van der Waals surface area contributed by atoms with E-state index in [-0.39, 0.29) is 12.4 Å². The SMILES string of the molecule is CN(c1cc(Br)cc(Br)c1N)C1CCCCC1.Cl. The summed E-state index contributed by atoms with van der Waals surface area (Å²) in [5, 5.41) is 0. The van der Waals surface area contributed by atoms with Crippen LogP contribution in [0.2, 0.25) is 0 Å². The molecule has 1 fully saturated rings. The Morgan fingerprint density at radius 3 is 2.39 bits per heavy atom. The van der Waals surface area contributed by atoms with Gasteiger partial charge in [0.15, 0.2) is 0 Å². The molecular weight excluding hydrogens is 379 g/mol. The van der Waals surface area contributed by atoms with Crippen LogP contribution in [-0.4, -0.2) is 13.1 Å². The number of nitrogens with two attached hydrogens (primary N) is 1. The number of benzene rings is 1. The lowest BCUT2D eigenvalue weighted by molar-refractivity contribution is 0.428. The Morgan fingerprint density at radius 2 is 1.78 bits per heavy atom. The van der Waals surface area contributed by atoms with Gasteiger partial charge in [-0.15, -0.1) is 12.4 Å². The van der Waals surface area contributed by atoms with Gasteiger partial charge in [0, 0.05) is 22.0 Å². The summed E-state index contributed by atoms with van der Waals surface area (Å²) in [6.45, 7) is 0. The molecule has 5 heteroatoms. The first-order valence-corrected chi connectivity index (χ1v) is 7.65. The number of anilines is 2. The summed E-state index contributed by atoms with van der Waals surface area (Å²) in [5.41, 5.74) is 8.11. The highest BCUT2D eigenvalue weighted by Gasteiger charge is 2.20. The standard InChI is InChI=1S/C13H18Br2N2.ClH/c1-17(10-5-3-2-4-6-10)12-8-9(14)7-11(15)13(12)16;/h7-8,10H,2-6,16H2,1H3;1H. The highest BCUT2D eigenvalue weighted by atomic mass is 79.9. The van der Waals surface area contributed by atoms with Crippen molar-refractivity contribution in [1.82, 2.24) is 0 Å². The Kier molecular flexibility index (Phi) is 6.28. The van der Waals surface area contributed by atoms with E-state index in [1.165, 1.54) is 32.1 Å². The largest absolute Gasteiger partial charge is 0.396 e. The van der Waals surface area contributed by atoms with Gasteiger partial charge in [-0.25, -0.2) is 0 Å². The van der Waals surface area contributed by atoms with Gasteiger partial charge < -0.3 is 10.6 Å². The molecule has 0 bridgehead atoms. The average Bonchev–Trinajstić information content (AvgIpc) is 2.34. The van der Waals surface area contributed by atoms with Crippen molar-refractivity contribution >= 4 is 55.6 Å². The summed E-state index contributed by atoms with van der Waals surface area (Å²) in [7, 11) is 2.15. The van der Waals surface area contributed by atoms with Crippen molar-refractivity contribution in [1.29, 1.82) is 0 Å². The van der Waals surface area contributed by atoms with Gasteiger partial charge in [0.2, 0.25) is 0 Å². The lowest BCUT2D eigenvalue weighted by Gasteiger charge is -2.34. The summed E-state index contributed by atoms with van der Waals surface area (Å²) >= 11 is 7.03. The van der Waals surface area contributed by atoms with Crippen molar-refractivity contribution in [2.45, 2.75) is 38.1 Å². The first-order chi connectivity index (χ1) is 8.09. The fourth-order valence-corrected chi connectivity index (χ4v) is 3.73. The van der Waals surface area contributed by atoms with E-state index in [1.807, 2.05) is 6.07 Å².